The van der Waals surface area contributed by atoms with E-state index in [9.17, 15) is 4.79 Å². The topological polar surface area (TPSA) is 101 Å². The molecular weight excluding hydrogens is 306 g/mol. The van der Waals surface area contributed by atoms with Gasteiger partial charge in [-0.3, -0.25) is 4.79 Å². The van der Waals surface area contributed by atoms with Crippen molar-refractivity contribution in [3.63, 3.8) is 0 Å². The minimum atomic E-state index is -0.225. The van der Waals surface area contributed by atoms with Crippen molar-refractivity contribution >= 4 is 11.7 Å². The number of hydrogen-bond acceptors (Lipinski definition) is 5. The number of tetrazole rings is 1. The molecule has 3 rings (SSSR count). The second-order valence-electron chi connectivity index (χ2n) is 5.49. The number of nitrogens with one attached hydrogen (secondary N) is 2. The number of benzene rings is 1. The molecule has 8 nitrogen and oxygen atoms in total. The van der Waals surface area contributed by atoms with Crippen molar-refractivity contribution < 1.29 is 4.79 Å². The summed E-state index contributed by atoms with van der Waals surface area (Å²) >= 11 is 0. The van der Waals surface area contributed by atoms with Crippen LogP contribution >= 0.6 is 0 Å². The predicted octanol–water partition coefficient (Wildman–Crippen LogP) is 2.42. The van der Waals surface area contributed by atoms with Crippen molar-refractivity contribution in [1.82, 2.24) is 30.4 Å². The molecule has 0 aliphatic rings. The number of unbranched alkanes of at least 4 members (excludes halogenated alkanes) is 1. The fraction of sp³-hybridized carbons (Fsp3) is 0.312. The lowest BCUT2D eigenvalue weighted by Crippen LogP contribution is -2.17. The number of amides is 1. The van der Waals surface area contributed by atoms with Gasteiger partial charge < -0.3 is 5.32 Å². The molecule has 0 aliphatic carbocycles. The van der Waals surface area contributed by atoms with E-state index in [4.69, 9.17) is 0 Å². The minimum Gasteiger partial charge on any atom is -0.307 e. The molecule has 2 N–H and O–H groups in total. The van der Waals surface area contributed by atoms with Crippen LogP contribution in [0.2, 0.25) is 0 Å². The van der Waals surface area contributed by atoms with Crippen LogP contribution in [-0.2, 0) is 6.54 Å². The van der Waals surface area contributed by atoms with Gasteiger partial charge in [-0.2, -0.15) is 10.3 Å². The number of H-pyrrole nitrogens is 1. The standard InChI is InChI=1S/C16H19N7O/c1-3-4-9-23-15(11(2)10-17-23)18-16(24)13-8-6-5-7-12(13)14-19-21-22-20-14/h5-8,10H,3-4,9H2,1-2H3,(H,18,24)(H,19,20,21,22). The summed E-state index contributed by atoms with van der Waals surface area (Å²) in [5, 5.41) is 21.2. The van der Waals surface area contributed by atoms with Crippen LogP contribution in [0.4, 0.5) is 5.82 Å². The van der Waals surface area contributed by atoms with E-state index < -0.39 is 0 Å². The highest BCUT2D eigenvalue weighted by Gasteiger charge is 2.17. The lowest BCUT2D eigenvalue weighted by atomic mass is 10.1. The van der Waals surface area contributed by atoms with Crippen molar-refractivity contribution in [2.75, 3.05) is 5.32 Å². The van der Waals surface area contributed by atoms with Crippen LogP contribution in [0, 0.1) is 6.92 Å². The molecule has 24 heavy (non-hydrogen) atoms. The average Bonchev–Trinajstić information content (AvgIpc) is 3.24. The van der Waals surface area contributed by atoms with Crippen LogP contribution in [0.15, 0.2) is 30.5 Å². The van der Waals surface area contributed by atoms with Crippen molar-refractivity contribution in [2.24, 2.45) is 0 Å². The zero-order valence-corrected chi connectivity index (χ0v) is 13.7. The molecule has 0 spiro atoms. The molecule has 0 radical (unpaired) electrons. The summed E-state index contributed by atoms with van der Waals surface area (Å²) in [6, 6.07) is 7.17. The Kier molecular flexibility index (Phi) is 4.64. The highest BCUT2D eigenvalue weighted by molar-refractivity contribution is 6.08. The van der Waals surface area contributed by atoms with Gasteiger partial charge in [0, 0.05) is 17.7 Å². The first-order valence-electron chi connectivity index (χ1n) is 7.87. The molecule has 2 heterocycles. The molecular formula is C16H19N7O. The number of carbonyl (C=O) groups excluding carboxylic acids is 1. The van der Waals surface area contributed by atoms with Gasteiger partial charge in [-0.25, -0.2) is 4.68 Å². The number of rotatable bonds is 6. The van der Waals surface area contributed by atoms with Crippen LogP contribution in [-0.4, -0.2) is 36.3 Å². The molecule has 0 bridgehead atoms. The maximum absolute atomic E-state index is 12.8. The number of aryl methyl sites for hydroxylation is 2. The van der Waals surface area contributed by atoms with Gasteiger partial charge in [0.25, 0.3) is 5.91 Å². The quantitative estimate of drug-likeness (QED) is 0.725. The molecule has 0 saturated heterocycles. The van der Waals surface area contributed by atoms with Crippen molar-refractivity contribution in [3.8, 4) is 11.4 Å². The smallest absolute Gasteiger partial charge is 0.257 e. The normalized spacial score (nSPS) is 10.8. The van der Waals surface area contributed by atoms with E-state index in [-0.39, 0.29) is 5.91 Å². The van der Waals surface area contributed by atoms with Gasteiger partial charge in [-0.05, 0) is 24.6 Å². The fourth-order valence-corrected chi connectivity index (χ4v) is 2.45. The second kappa shape index (κ2) is 7.03. The highest BCUT2D eigenvalue weighted by Crippen LogP contribution is 2.22. The summed E-state index contributed by atoms with van der Waals surface area (Å²) < 4.78 is 1.83. The first-order chi connectivity index (χ1) is 11.7. The van der Waals surface area contributed by atoms with Gasteiger partial charge in [0.15, 0.2) is 0 Å². The predicted molar refractivity (Wildman–Crippen MR) is 89.4 cm³/mol. The average molecular weight is 325 g/mol. The zero-order valence-electron chi connectivity index (χ0n) is 13.7. The van der Waals surface area contributed by atoms with Crippen molar-refractivity contribution in [3.05, 3.63) is 41.6 Å². The van der Waals surface area contributed by atoms with Gasteiger partial charge >= 0.3 is 0 Å². The molecule has 1 aromatic carbocycles. The Bertz CT molecular complexity index is 823. The third-order valence-corrected chi connectivity index (χ3v) is 3.74. The summed E-state index contributed by atoms with van der Waals surface area (Å²) in [5.74, 6) is 0.880. The molecule has 3 aromatic rings. The van der Waals surface area contributed by atoms with Crippen molar-refractivity contribution in [2.45, 2.75) is 33.2 Å². The molecule has 124 valence electrons. The first-order valence-corrected chi connectivity index (χ1v) is 7.87. The molecule has 0 unspecified atom stereocenters. The van der Waals surface area contributed by atoms with Crippen LogP contribution in [0.1, 0.15) is 35.7 Å². The first kappa shape index (κ1) is 15.9. The SMILES string of the molecule is CCCCn1ncc(C)c1NC(=O)c1ccccc1-c1nn[nH]n1. The molecule has 1 amide bonds. The van der Waals surface area contributed by atoms with Crippen molar-refractivity contribution in [1.29, 1.82) is 0 Å². The highest BCUT2D eigenvalue weighted by atomic mass is 16.1. The number of carbonyl (C=O) groups is 1. The number of aromatic amines is 1. The summed E-state index contributed by atoms with van der Waals surface area (Å²) in [6.07, 6.45) is 3.83. The Morgan fingerprint density at radius 2 is 2.17 bits per heavy atom. The second-order valence-corrected chi connectivity index (χ2v) is 5.49. The molecule has 0 fully saturated rings. The van der Waals surface area contributed by atoms with Crippen LogP contribution in [0.3, 0.4) is 0 Å². The number of anilines is 1. The lowest BCUT2D eigenvalue weighted by Gasteiger charge is -2.11. The Morgan fingerprint density at radius 3 is 2.92 bits per heavy atom. The maximum Gasteiger partial charge on any atom is 0.257 e. The van der Waals surface area contributed by atoms with Gasteiger partial charge in [-0.15, -0.1) is 10.2 Å². The van der Waals surface area contributed by atoms with E-state index in [0.717, 1.165) is 30.8 Å². The molecule has 0 aliphatic heterocycles. The van der Waals surface area contributed by atoms with E-state index in [1.54, 1.807) is 24.4 Å². The number of nitrogens with zero attached hydrogens (tertiary/aromatic N) is 5. The largest absolute Gasteiger partial charge is 0.307 e. The monoisotopic (exact) mass is 325 g/mol. The molecule has 0 saturated carbocycles. The number of hydrogen-bond donors (Lipinski definition) is 2. The Balaban J connectivity index is 1.88. The summed E-state index contributed by atoms with van der Waals surface area (Å²) in [5.41, 5.74) is 2.04. The van der Waals surface area contributed by atoms with E-state index in [1.807, 2.05) is 17.7 Å². The van der Waals surface area contributed by atoms with Gasteiger partial charge in [-0.1, -0.05) is 31.5 Å². The van der Waals surface area contributed by atoms with E-state index in [2.05, 4.69) is 38.0 Å². The van der Waals surface area contributed by atoms with Gasteiger partial charge in [0.1, 0.15) is 5.82 Å². The Labute approximate surface area is 139 Å². The van der Waals surface area contributed by atoms with E-state index >= 15 is 0 Å². The third kappa shape index (κ3) is 3.17. The van der Waals surface area contributed by atoms with E-state index in [0.29, 0.717) is 17.0 Å². The van der Waals surface area contributed by atoms with Crippen LogP contribution < -0.4 is 5.32 Å². The zero-order chi connectivity index (χ0) is 16.9. The van der Waals surface area contributed by atoms with Gasteiger partial charge in [0.2, 0.25) is 5.82 Å². The lowest BCUT2D eigenvalue weighted by molar-refractivity contribution is 0.102. The molecule has 8 heteroatoms. The summed E-state index contributed by atoms with van der Waals surface area (Å²) in [7, 11) is 0. The number of aromatic nitrogens is 6. The fourth-order valence-electron chi connectivity index (χ4n) is 2.45. The van der Waals surface area contributed by atoms with Crippen LogP contribution in [0.5, 0.6) is 0 Å². The Morgan fingerprint density at radius 1 is 1.33 bits per heavy atom. The molecule has 2 aromatic heterocycles. The van der Waals surface area contributed by atoms with E-state index in [1.165, 1.54) is 0 Å². The Hall–Kier alpha value is -3.03. The minimum absolute atomic E-state index is 0.225. The molecule has 0 atom stereocenters. The maximum atomic E-state index is 12.8. The van der Waals surface area contributed by atoms with Gasteiger partial charge in [0.05, 0.1) is 11.8 Å². The third-order valence-electron chi connectivity index (χ3n) is 3.74. The summed E-state index contributed by atoms with van der Waals surface area (Å²) in [6.45, 7) is 4.82. The summed E-state index contributed by atoms with van der Waals surface area (Å²) in [4.78, 5) is 12.8. The van der Waals surface area contributed by atoms with Crippen LogP contribution in [0.25, 0.3) is 11.4 Å².